The van der Waals surface area contributed by atoms with Crippen LogP contribution < -0.4 is 15.0 Å². The Morgan fingerprint density at radius 2 is 1.85 bits per heavy atom. The van der Waals surface area contributed by atoms with Gasteiger partial charge in [-0.3, -0.25) is 9.59 Å². The van der Waals surface area contributed by atoms with Crippen LogP contribution in [0, 0.1) is 5.92 Å². The lowest BCUT2D eigenvalue weighted by Gasteiger charge is -2.42. The fourth-order valence-electron chi connectivity index (χ4n) is 5.18. The molecule has 1 aliphatic carbocycles. The van der Waals surface area contributed by atoms with Gasteiger partial charge in [0.2, 0.25) is 5.91 Å². The van der Waals surface area contributed by atoms with E-state index in [-0.39, 0.29) is 23.8 Å². The normalized spacial score (nSPS) is 26.1. The van der Waals surface area contributed by atoms with Gasteiger partial charge in [-0.15, -0.1) is 11.8 Å². The van der Waals surface area contributed by atoms with Gasteiger partial charge in [-0.25, -0.2) is 0 Å². The van der Waals surface area contributed by atoms with Crippen molar-refractivity contribution in [3.8, 4) is 5.75 Å². The predicted octanol–water partition coefficient (Wildman–Crippen LogP) is 3.79. The lowest BCUT2D eigenvalue weighted by molar-refractivity contribution is -0.137. The Balaban J connectivity index is 1.17. The zero-order valence-electron chi connectivity index (χ0n) is 19.5. The molecule has 5 rings (SSSR count). The topological polar surface area (TPSA) is 61.9 Å². The molecule has 1 saturated carbocycles. The van der Waals surface area contributed by atoms with Crippen molar-refractivity contribution in [1.82, 2.24) is 10.2 Å². The van der Waals surface area contributed by atoms with E-state index in [1.165, 1.54) is 5.69 Å². The maximum Gasteiger partial charge on any atom is 0.257 e. The van der Waals surface area contributed by atoms with Crippen LogP contribution in [0.2, 0.25) is 0 Å². The number of amides is 2. The van der Waals surface area contributed by atoms with Crippen molar-refractivity contribution < 1.29 is 14.3 Å². The van der Waals surface area contributed by atoms with E-state index in [9.17, 15) is 9.59 Å². The van der Waals surface area contributed by atoms with Crippen LogP contribution in [0.5, 0.6) is 5.75 Å². The van der Waals surface area contributed by atoms with E-state index in [1.54, 1.807) is 18.9 Å². The smallest absolute Gasteiger partial charge is 0.257 e. The van der Waals surface area contributed by atoms with E-state index in [4.69, 9.17) is 4.74 Å². The standard InChI is InChI=1S/C27H31N3O3S/c1-33-22-9-5-6-19(16-22)17-25-26(31)28-23-18-20(10-11-24(23)34-25)27(32)30-14-12-29(13-15-30)21-7-3-2-4-8-21/h2-9,16-17,20,23-24H,10-15,18H2,1H3,(H,28,31)/b25-17+. The Hall–Kier alpha value is -2.93. The molecule has 2 saturated heterocycles. The van der Waals surface area contributed by atoms with Gasteiger partial charge in [-0.2, -0.15) is 0 Å². The van der Waals surface area contributed by atoms with Crippen molar-refractivity contribution in [2.24, 2.45) is 5.92 Å². The summed E-state index contributed by atoms with van der Waals surface area (Å²) >= 11 is 1.66. The molecule has 2 amide bonds. The molecule has 3 unspecified atom stereocenters. The lowest BCUT2D eigenvalue weighted by Crippen LogP contribution is -2.54. The SMILES string of the molecule is COc1cccc(/C=C2/SC3CCC(C(=O)N4CCN(c5ccccc5)CC4)CC3NC2=O)c1. The molecule has 2 aliphatic heterocycles. The number of benzene rings is 2. The number of anilines is 1. The molecule has 2 aromatic rings. The number of nitrogens with one attached hydrogen (secondary N) is 1. The van der Waals surface area contributed by atoms with E-state index in [0.29, 0.717) is 5.25 Å². The third-order valence-electron chi connectivity index (χ3n) is 7.06. The number of carbonyl (C=O) groups excluding carboxylic acids is 2. The molecule has 2 aromatic carbocycles. The fraction of sp³-hybridized carbons (Fsp3) is 0.407. The summed E-state index contributed by atoms with van der Waals surface area (Å²) in [6.07, 6.45) is 4.48. The van der Waals surface area contributed by atoms with Crippen LogP contribution in [0.1, 0.15) is 24.8 Å². The van der Waals surface area contributed by atoms with Crippen molar-refractivity contribution in [3.63, 3.8) is 0 Å². The second-order valence-corrected chi connectivity index (χ2v) is 10.5. The van der Waals surface area contributed by atoms with Crippen molar-refractivity contribution in [1.29, 1.82) is 0 Å². The molecule has 3 fully saturated rings. The van der Waals surface area contributed by atoms with E-state index < -0.39 is 0 Å². The van der Waals surface area contributed by atoms with Crippen molar-refractivity contribution in [2.45, 2.75) is 30.6 Å². The molecule has 178 valence electrons. The lowest BCUT2D eigenvalue weighted by atomic mass is 9.84. The summed E-state index contributed by atoms with van der Waals surface area (Å²) in [5.74, 6) is 0.980. The molecule has 0 spiro atoms. The number of hydrogen-bond acceptors (Lipinski definition) is 5. The third-order valence-corrected chi connectivity index (χ3v) is 8.48. The monoisotopic (exact) mass is 477 g/mol. The van der Waals surface area contributed by atoms with Crippen molar-refractivity contribution >= 4 is 35.3 Å². The van der Waals surface area contributed by atoms with E-state index >= 15 is 0 Å². The molecule has 2 heterocycles. The van der Waals surface area contributed by atoms with Gasteiger partial charge in [0.05, 0.1) is 12.0 Å². The van der Waals surface area contributed by atoms with Crippen LogP contribution in [-0.4, -0.2) is 61.3 Å². The van der Waals surface area contributed by atoms with Gasteiger partial charge < -0.3 is 19.9 Å². The van der Waals surface area contributed by atoms with Crippen LogP contribution in [0.15, 0.2) is 59.5 Å². The minimum Gasteiger partial charge on any atom is -0.497 e. The van der Waals surface area contributed by atoms with Gasteiger partial charge in [0.15, 0.2) is 0 Å². The number of hydrogen-bond donors (Lipinski definition) is 1. The first-order valence-electron chi connectivity index (χ1n) is 12.0. The number of carbonyl (C=O) groups is 2. The van der Waals surface area contributed by atoms with Crippen molar-refractivity contribution in [3.05, 3.63) is 65.1 Å². The van der Waals surface area contributed by atoms with Gasteiger partial charge >= 0.3 is 0 Å². The quantitative estimate of drug-likeness (QED) is 0.679. The molecule has 0 aromatic heterocycles. The molecule has 6 nitrogen and oxygen atoms in total. The van der Waals surface area contributed by atoms with Crippen LogP contribution in [0.25, 0.3) is 6.08 Å². The molecule has 0 radical (unpaired) electrons. The zero-order valence-corrected chi connectivity index (χ0v) is 20.3. The summed E-state index contributed by atoms with van der Waals surface area (Å²) in [6, 6.07) is 18.2. The Morgan fingerprint density at radius 3 is 2.62 bits per heavy atom. The summed E-state index contributed by atoms with van der Waals surface area (Å²) in [6.45, 7) is 3.23. The van der Waals surface area contributed by atoms with Crippen LogP contribution in [-0.2, 0) is 9.59 Å². The molecule has 0 bridgehead atoms. The predicted molar refractivity (Wildman–Crippen MR) is 137 cm³/mol. The van der Waals surface area contributed by atoms with Gasteiger partial charge in [0.1, 0.15) is 5.75 Å². The molecule has 1 N–H and O–H groups in total. The van der Waals surface area contributed by atoms with Crippen LogP contribution in [0.4, 0.5) is 5.69 Å². The highest BCUT2D eigenvalue weighted by molar-refractivity contribution is 8.04. The Morgan fingerprint density at radius 1 is 1.06 bits per heavy atom. The summed E-state index contributed by atoms with van der Waals surface area (Å²) < 4.78 is 5.29. The largest absolute Gasteiger partial charge is 0.497 e. The molecular formula is C27H31N3O3S. The highest BCUT2D eigenvalue weighted by atomic mass is 32.2. The zero-order chi connectivity index (χ0) is 23.5. The van der Waals surface area contributed by atoms with Crippen LogP contribution in [0.3, 0.4) is 0 Å². The van der Waals surface area contributed by atoms with Gasteiger partial charge in [-0.05, 0) is 55.2 Å². The Kier molecular flexibility index (Phi) is 6.81. The van der Waals surface area contributed by atoms with Crippen LogP contribution >= 0.6 is 11.8 Å². The van der Waals surface area contributed by atoms with Crippen molar-refractivity contribution in [2.75, 3.05) is 38.2 Å². The maximum atomic E-state index is 13.3. The molecular weight excluding hydrogens is 446 g/mol. The number of rotatable bonds is 4. The summed E-state index contributed by atoms with van der Waals surface area (Å²) in [4.78, 5) is 31.2. The molecule has 3 aliphatic rings. The molecule has 3 atom stereocenters. The van der Waals surface area contributed by atoms with Gasteiger partial charge in [0.25, 0.3) is 5.91 Å². The van der Waals surface area contributed by atoms with Gasteiger partial charge in [0, 0.05) is 49.1 Å². The van der Waals surface area contributed by atoms with E-state index in [2.05, 4.69) is 34.5 Å². The number of methoxy groups -OCH3 is 1. The number of nitrogens with zero attached hydrogens (tertiary/aromatic N) is 2. The fourth-order valence-corrected chi connectivity index (χ4v) is 6.47. The second kappa shape index (κ2) is 10.1. The molecule has 7 heteroatoms. The van der Waals surface area contributed by atoms with E-state index in [0.717, 1.165) is 61.7 Å². The van der Waals surface area contributed by atoms with E-state index in [1.807, 2.05) is 41.3 Å². The second-order valence-electron chi connectivity index (χ2n) is 9.18. The third kappa shape index (κ3) is 4.94. The summed E-state index contributed by atoms with van der Waals surface area (Å²) in [5.41, 5.74) is 2.17. The highest BCUT2D eigenvalue weighted by Gasteiger charge is 2.41. The first-order chi connectivity index (χ1) is 16.6. The number of thioether (sulfide) groups is 1. The highest BCUT2D eigenvalue weighted by Crippen LogP contribution is 2.40. The summed E-state index contributed by atoms with van der Waals surface area (Å²) in [5, 5.41) is 3.51. The molecule has 34 heavy (non-hydrogen) atoms. The number of para-hydroxylation sites is 1. The Bertz CT molecular complexity index is 1070. The summed E-state index contributed by atoms with van der Waals surface area (Å²) in [7, 11) is 1.64. The maximum absolute atomic E-state index is 13.3. The number of fused-ring (bicyclic) bond motifs is 1. The first-order valence-corrected chi connectivity index (χ1v) is 12.9. The Labute approximate surface area is 205 Å². The first kappa shape index (κ1) is 22.8. The number of piperazine rings is 1. The average molecular weight is 478 g/mol. The average Bonchev–Trinajstić information content (AvgIpc) is 2.89. The number of ether oxygens (including phenoxy) is 1. The minimum absolute atomic E-state index is 0.00524. The minimum atomic E-state index is -0.0429. The van der Waals surface area contributed by atoms with Gasteiger partial charge in [-0.1, -0.05) is 30.3 Å².